The number of aromatic nitrogens is 2. The number of halogens is 1. The minimum Gasteiger partial charge on any atom is -0.314 e. The van der Waals surface area contributed by atoms with Crippen molar-refractivity contribution in [3.05, 3.63) is 18.5 Å². The van der Waals surface area contributed by atoms with Crippen molar-refractivity contribution in [3.8, 4) is 0 Å². The van der Waals surface area contributed by atoms with Gasteiger partial charge in [-0.1, -0.05) is 0 Å². The number of nitrogens with zero attached hydrogens (tertiary/aromatic N) is 2. The van der Waals surface area contributed by atoms with Crippen LogP contribution in [-0.4, -0.2) is 29.5 Å². The van der Waals surface area contributed by atoms with Gasteiger partial charge in [0, 0.05) is 25.5 Å². The summed E-state index contributed by atoms with van der Waals surface area (Å²) in [6.07, 6.45) is 4.67. The van der Waals surface area contributed by atoms with Crippen molar-refractivity contribution in [2.75, 3.05) is 19.8 Å². The zero-order valence-corrected chi connectivity index (χ0v) is 7.04. The standard InChI is InChI=1S/C8H14FN3/c9-3-6-10-4-1-7-12-8-2-5-11-12/h2,5,8,10H,1,3-4,6-7H2. The smallest absolute Gasteiger partial charge is 0.102 e. The predicted octanol–water partition coefficient (Wildman–Crippen LogP) is 0.832. The van der Waals surface area contributed by atoms with Crippen molar-refractivity contribution in [1.29, 1.82) is 0 Å². The van der Waals surface area contributed by atoms with E-state index in [0.717, 1.165) is 19.5 Å². The van der Waals surface area contributed by atoms with E-state index < -0.39 is 0 Å². The molecule has 0 aliphatic heterocycles. The van der Waals surface area contributed by atoms with E-state index in [1.54, 1.807) is 6.20 Å². The molecule has 1 heterocycles. The van der Waals surface area contributed by atoms with E-state index in [4.69, 9.17) is 0 Å². The third-order valence-corrected chi connectivity index (χ3v) is 1.57. The monoisotopic (exact) mass is 171 g/mol. The normalized spacial score (nSPS) is 10.4. The van der Waals surface area contributed by atoms with Gasteiger partial charge in [-0.3, -0.25) is 4.68 Å². The van der Waals surface area contributed by atoms with Crippen LogP contribution in [0.25, 0.3) is 0 Å². The van der Waals surface area contributed by atoms with Crippen LogP contribution in [0, 0.1) is 0 Å². The Morgan fingerprint density at radius 3 is 3.00 bits per heavy atom. The molecule has 0 radical (unpaired) electrons. The molecule has 0 saturated carbocycles. The van der Waals surface area contributed by atoms with Gasteiger partial charge in [0.1, 0.15) is 6.67 Å². The number of hydrogen-bond acceptors (Lipinski definition) is 2. The van der Waals surface area contributed by atoms with Crippen LogP contribution in [0.1, 0.15) is 6.42 Å². The zero-order valence-electron chi connectivity index (χ0n) is 7.04. The van der Waals surface area contributed by atoms with E-state index in [0.29, 0.717) is 6.54 Å². The first-order valence-corrected chi connectivity index (χ1v) is 4.17. The van der Waals surface area contributed by atoms with E-state index in [9.17, 15) is 4.39 Å². The number of aryl methyl sites for hydroxylation is 1. The number of nitrogens with one attached hydrogen (secondary N) is 1. The Hall–Kier alpha value is -0.900. The molecule has 1 aromatic heterocycles. The van der Waals surface area contributed by atoms with E-state index in [2.05, 4.69) is 10.4 Å². The number of rotatable bonds is 6. The molecular formula is C8H14FN3. The van der Waals surface area contributed by atoms with Gasteiger partial charge in [-0.2, -0.15) is 5.10 Å². The van der Waals surface area contributed by atoms with Crippen LogP contribution in [-0.2, 0) is 6.54 Å². The molecule has 0 fully saturated rings. The highest BCUT2D eigenvalue weighted by molar-refractivity contribution is 4.77. The molecule has 0 bridgehead atoms. The Balaban J connectivity index is 1.96. The van der Waals surface area contributed by atoms with Crippen molar-refractivity contribution in [2.45, 2.75) is 13.0 Å². The molecule has 0 amide bonds. The van der Waals surface area contributed by atoms with Crippen LogP contribution in [0.4, 0.5) is 4.39 Å². The summed E-state index contributed by atoms with van der Waals surface area (Å²) >= 11 is 0. The van der Waals surface area contributed by atoms with Crippen LogP contribution < -0.4 is 5.32 Å². The van der Waals surface area contributed by atoms with Gasteiger partial charge in [0.05, 0.1) is 0 Å². The molecule has 0 aliphatic carbocycles. The minimum atomic E-state index is -0.290. The highest BCUT2D eigenvalue weighted by Gasteiger charge is 1.90. The Morgan fingerprint density at radius 1 is 1.42 bits per heavy atom. The van der Waals surface area contributed by atoms with Gasteiger partial charge >= 0.3 is 0 Å². The molecule has 3 nitrogen and oxygen atoms in total. The molecular weight excluding hydrogens is 157 g/mol. The summed E-state index contributed by atoms with van der Waals surface area (Å²) in [5.74, 6) is 0. The summed E-state index contributed by atoms with van der Waals surface area (Å²) in [7, 11) is 0. The van der Waals surface area contributed by atoms with Gasteiger partial charge in [0.2, 0.25) is 0 Å². The quantitative estimate of drug-likeness (QED) is 0.642. The van der Waals surface area contributed by atoms with Crippen molar-refractivity contribution >= 4 is 0 Å². The summed E-state index contributed by atoms with van der Waals surface area (Å²) in [6, 6.07) is 1.90. The van der Waals surface area contributed by atoms with Crippen LogP contribution in [0.15, 0.2) is 18.5 Å². The lowest BCUT2D eigenvalue weighted by Crippen LogP contribution is -2.19. The molecule has 0 saturated heterocycles. The Bertz CT molecular complexity index is 186. The summed E-state index contributed by atoms with van der Waals surface area (Å²) in [5, 5.41) is 7.03. The summed E-state index contributed by atoms with van der Waals surface area (Å²) < 4.78 is 13.5. The van der Waals surface area contributed by atoms with Crippen LogP contribution >= 0.6 is 0 Å². The molecule has 0 aliphatic rings. The minimum absolute atomic E-state index is 0.290. The number of alkyl halides is 1. The van der Waals surface area contributed by atoms with Crippen molar-refractivity contribution in [1.82, 2.24) is 15.1 Å². The maximum absolute atomic E-state index is 11.6. The highest BCUT2D eigenvalue weighted by Crippen LogP contribution is 1.87. The molecule has 1 aromatic rings. The van der Waals surface area contributed by atoms with E-state index in [-0.39, 0.29) is 6.67 Å². The first kappa shape index (κ1) is 9.19. The second-order valence-corrected chi connectivity index (χ2v) is 2.56. The molecule has 0 spiro atoms. The van der Waals surface area contributed by atoms with Crippen LogP contribution in [0.2, 0.25) is 0 Å². The van der Waals surface area contributed by atoms with Gasteiger partial charge in [0.15, 0.2) is 0 Å². The van der Waals surface area contributed by atoms with Gasteiger partial charge in [-0.15, -0.1) is 0 Å². The Kier molecular flexibility index (Phi) is 4.37. The summed E-state index contributed by atoms with van der Waals surface area (Å²) in [4.78, 5) is 0. The lowest BCUT2D eigenvalue weighted by molar-refractivity contribution is 0.456. The van der Waals surface area contributed by atoms with Gasteiger partial charge in [-0.25, -0.2) is 4.39 Å². The molecule has 4 heteroatoms. The SMILES string of the molecule is FCCNCCCn1cccn1. The predicted molar refractivity (Wildman–Crippen MR) is 45.7 cm³/mol. The third kappa shape index (κ3) is 3.48. The molecule has 1 rings (SSSR count). The van der Waals surface area contributed by atoms with Crippen molar-refractivity contribution in [2.24, 2.45) is 0 Å². The highest BCUT2D eigenvalue weighted by atomic mass is 19.1. The fraction of sp³-hybridized carbons (Fsp3) is 0.625. The third-order valence-electron chi connectivity index (χ3n) is 1.57. The molecule has 0 aromatic carbocycles. The van der Waals surface area contributed by atoms with E-state index >= 15 is 0 Å². The van der Waals surface area contributed by atoms with Gasteiger partial charge < -0.3 is 5.32 Å². The molecule has 12 heavy (non-hydrogen) atoms. The Labute approximate surface area is 71.6 Å². The van der Waals surface area contributed by atoms with E-state index in [1.807, 2.05) is 16.9 Å². The maximum atomic E-state index is 11.6. The summed E-state index contributed by atoms with van der Waals surface area (Å²) in [6.45, 7) is 1.91. The topological polar surface area (TPSA) is 29.9 Å². The first-order valence-electron chi connectivity index (χ1n) is 4.17. The Morgan fingerprint density at radius 2 is 2.33 bits per heavy atom. The lowest BCUT2D eigenvalue weighted by Gasteiger charge is -2.01. The number of hydrogen-bond donors (Lipinski definition) is 1. The van der Waals surface area contributed by atoms with Crippen molar-refractivity contribution < 1.29 is 4.39 Å². The molecule has 1 N–H and O–H groups in total. The van der Waals surface area contributed by atoms with E-state index in [1.165, 1.54) is 0 Å². The largest absolute Gasteiger partial charge is 0.314 e. The fourth-order valence-electron chi connectivity index (χ4n) is 0.991. The van der Waals surface area contributed by atoms with Crippen LogP contribution in [0.3, 0.4) is 0 Å². The average molecular weight is 171 g/mol. The average Bonchev–Trinajstić information content (AvgIpc) is 2.57. The molecule has 0 unspecified atom stereocenters. The summed E-state index contributed by atoms with van der Waals surface area (Å²) in [5.41, 5.74) is 0. The van der Waals surface area contributed by atoms with Gasteiger partial charge in [-0.05, 0) is 19.0 Å². The zero-order chi connectivity index (χ0) is 8.65. The van der Waals surface area contributed by atoms with Gasteiger partial charge in [0.25, 0.3) is 0 Å². The van der Waals surface area contributed by atoms with Crippen molar-refractivity contribution in [3.63, 3.8) is 0 Å². The lowest BCUT2D eigenvalue weighted by atomic mass is 10.4. The van der Waals surface area contributed by atoms with Crippen LogP contribution in [0.5, 0.6) is 0 Å². The second kappa shape index (κ2) is 5.71. The first-order chi connectivity index (χ1) is 5.93. The molecule has 68 valence electrons. The second-order valence-electron chi connectivity index (χ2n) is 2.56. The maximum Gasteiger partial charge on any atom is 0.102 e. The fourth-order valence-corrected chi connectivity index (χ4v) is 0.991. The molecule has 0 atom stereocenters.